The second-order valence-electron chi connectivity index (χ2n) is 3.12. The normalized spacial score (nSPS) is 10.1. The summed E-state index contributed by atoms with van der Waals surface area (Å²) in [5.41, 5.74) is 5.48. The van der Waals surface area contributed by atoms with E-state index in [-0.39, 0.29) is 12.4 Å². The molecule has 0 fully saturated rings. The van der Waals surface area contributed by atoms with Gasteiger partial charge < -0.3 is 10.5 Å². The summed E-state index contributed by atoms with van der Waals surface area (Å²) in [6.07, 6.45) is 1.53. The lowest BCUT2D eigenvalue weighted by atomic mass is 10.3. The third-order valence-corrected chi connectivity index (χ3v) is 1.92. The topological polar surface area (TPSA) is 61.0 Å². The van der Waals surface area contributed by atoms with E-state index in [2.05, 4.69) is 9.97 Å². The fraction of sp³-hybridized carbons (Fsp3) is 0.0909. The summed E-state index contributed by atoms with van der Waals surface area (Å²) in [5.74, 6) is 0.547. The maximum atomic E-state index is 13.2. The Morgan fingerprint density at radius 2 is 2.06 bits per heavy atom. The van der Waals surface area contributed by atoms with Crippen molar-refractivity contribution in [2.75, 3.05) is 5.73 Å². The van der Waals surface area contributed by atoms with Gasteiger partial charge >= 0.3 is 0 Å². The van der Waals surface area contributed by atoms with Crippen molar-refractivity contribution in [2.24, 2.45) is 0 Å². The molecule has 0 spiro atoms. The van der Waals surface area contributed by atoms with E-state index >= 15 is 0 Å². The molecule has 0 bridgehead atoms. The molecule has 0 aliphatic heterocycles. The van der Waals surface area contributed by atoms with Crippen LogP contribution in [0.25, 0.3) is 0 Å². The molecule has 0 unspecified atom stereocenters. The monoisotopic (exact) mass is 219 g/mol. The zero-order chi connectivity index (χ0) is 11.4. The zero-order valence-electron chi connectivity index (χ0n) is 8.43. The highest BCUT2D eigenvalue weighted by Crippen LogP contribution is 2.16. The standard InChI is InChI=1S/C11H10FN3O/c12-8-3-1-2-4-9(8)16-7-11-14-6-5-10(13)15-11/h1-6H,7H2,(H2,13,14,15). The van der Waals surface area contributed by atoms with Gasteiger partial charge in [-0.15, -0.1) is 0 Å². The zero-order valence-corrected chi connectivity index (χ0v) is 8.43. The van der Waals surface area contributed by atoms with Crippen molar-refractivity contribution in [3.05, 3.63) is 48.2 Å². The molecule has 0 amide bonds. The molecule has 2 aromatic rings. The van der Waals surface area contributed by atoms with Crippen molar-refractivity contribution in [3.8, 4) is 5.75 Å². The number of aromatic nitrogens is 2. The summed E-state index contributed by atoms with van der Waals surface area (Å²) in [5, 5.41) is 0. The Labute approximate surface area is 91.9 Å². The summed E-state index contributed by atoms with van der Waals surface area (Å²) >= 11 is 0. The fourth-order valence-electron chi connectivity index (χ4n) is 1.19. The lowest BCUT2D eigenvalue weighted by Gasteiger charge is -2.05. The molecular formula is C11H10FN3O. The average molecular weight is 219 g/mol. The van der Waals surface area contributed by atoms with Gasteiger partial charge in [-0.1, -0.05) is 12.1 Å². The first-order valence-corrected chi connectivity index (χ1v) is 4.70. The number of hydrogen-bond donors (Lipinski definition) is 1. The number of anilines is 1. The van der Waals surface area contributed by atoms with Crippen LogP contribution < -0.4 is 10.5 Å². The van der Waals surface area contributed by atoms with Gasteiger partial charge in [-0.3, -0.25) is 0 Å². The number of rotatable bonds is 3. The number of ether oxygens (including phenoxy) is 1. The van der Waals surface area contributed by atoms with E-state index in [1.54, 1.807) is 24.3 Å². The molecule has 2 N–H and O–H groups in total. The second kappa shape index (κ2) is 4.57. The molecule has 5 heteroatoms. The van der Waals surface area contributed by atoms with Crippen molar-refractivity contribution in [3.63, 3.8) is 0 Å². The lowest BCUT2D eigenvalue weighted by molar-refractivity contribution is 0.281. The largest absolute Gasteiger partial charge is 0.483 e. The number of halogens is 1. The van der Waals surface area contributed by atoms with Gasteiger partial charge in [0.2, 0.25) is 0 Å². The number of hydrogen-bond acceptors (Lipinski definition) is 4. The smallest absolute Gasteiger partial charge is 0.168 e. The maximum absolute atomic E-state index is 13.2. The third-order valence-electron chi connectivity index (χ3n) is 1.92. The number of benzene rings is 1. The first-order valence-electron chi connectivity index (χ1n) is 4.70. The van der Waals surface area contributed by atoms with Gasteiger partial charge in [0.1, 0.15) is 12.4 Å². The molecule has 4 nitrogen and oxygen atoms in total. The van der Waals surface area contributed by atoms with Gasteiger partial charge in [0, 0.05) is 6.20 Å². The van der Waals surface area contributed by atoms with Crippen molar-refractivity contribution in [2.45, 2.75) is 6.61 Å². The molecule has 0 aliphatic rings. The lowest BCUT2D eigenvalue weighted by Crippen LogP contribution is -2.04. The quantitative estimate of drug-likeness (QED) is 0.854. The van der Waals surface area contributed by atoms with Crippen LogP contribution in [0.4, 0.5) is 10.2 Å². The third kappa shape index (κ3) is 2.44. The van der Waals surface area contributed by atoms with Crippen LogP contribution in [0.15, 0.2) is 36.5 Å². The predicted molar refractivity (Wildman–Crippen MR) is 57.2 cm³/mol. The van der Waals surface area contributed by atoms with E-state index in [1.807, 2.05) is 0 Å². The van der Waals surface area contributed by atoms with Crippen LogP contribution in [0.5, 0.6) is 5.75 Å². The molecule has 16 heavy (non-hydrogen) atoms. The first kappa shape index (κ1) is 10.4. The Kier molecular flexibility index (Phi) is 2.95. The summed E-state index contributed by atoms with van der Waals surface area (Å²) in [6, 6.07) is 7.74. The minimum absolute atomic E-state index is 0.0893. The highest BCUT2D eigenvalue weighted by atomic mass is 19.1. The van der Waals surface area contributed by atoms with E-state index in [4.69, 9.17) is 10.5 Å². The van der Waals surface area contributed by atoms with Crippen LogP contribution in [-0.4, -0.2) is 9.97 Å². The van der Waals surface area contributed by atoms with Crippen molar-refractivity contribution in [1.29, 1.82) is 0 Å². The summed E-state index contributed by atoms with van der Waals surface area (Å²) in [7, 11) is 0. The van der Waals surface area contributed by atoms with Gasteiger partial charge in [-0.05, 0) is 18.2 Å². The minimum atomic E-state index is -0.411. The Hall–Kier alpha value is -2.17. The Morgan fingerprint density at radius 3 is 2.81 bits per heavy atom. The van der Waals surface area contributed by atoms with Crippen LogP contribution in [0.3, 0.4) is 0 Å². The summed E-state index contributed by atoms with van der Waals surface area (Å²) < 4.78 is 18.4. The van der Waals surface area contributed by atoms with Crippen LogP contribution in [-0.2, 0) is 6.61 Å². The molecule has 2 rings (SSSR count). The second-order valence-corrected chi connectivity index (χ2v) is 3.12. The van der Waals surface area contributed by atoms with Gasteiger partial charge in [0.05, 0.1) is 0 Å². The molecule has 0 atom stereocenters. The molecule has 82 valence electrons. The van der Waals surface area contributed by atoms with Crippen molar-refractivity contribution >= 4 is 5.82 Å². The van der Waals surface area contributed by atoms with E-state index in [9.17, 15) is 4.39 Å². The van der Waals surface area contributed by atoms with Crippen molar-refractivity contribution < 1.29 is 9.13 Å². The molecule has 0 radical (unpaired) electrons. The van der Waals surface area contributed by atoms with Crippen LogP contribution in [0.2, 0.25) is 0 Å². The molecule has 1 aromatic carbocycles. The molecule has 1 aromatic heterocycles. The van der Waals surface area contributed by atoms with Crippen LogP contribution in [0.1, 0.15) is 5.82 Å². The number of nitrogens with zero attached hydrogens (tertiary/aromatic N) is 2. The van der Waals surface area contributed by atoms with E-state index in [1.165, 1.54) is 12.3 Å². The molecular weight excluding hydrogens is 209 g/mol. The highest BCUT2D eigenvalue weighted by molar-refractivity contribution is 5.26. The average Bonchev–Trinajstić information content (AvgIpc) is 2.28. The van der Waals surface area contributed by atoms with E-state index in [0.29, 0.717) is 11.6 Å². The Morgan fingerprint density at radius 1 is 1.25 bits per heavy atom. The van der Waals surface area contributed by atoms with Gasteiger partial charge in [-0.25, -0.2) is 14.4 Å². The van der Waals surface area contributed by atoms with Crippen molar-refractivity contribution in [1.82, 2.24) is 9.97 Å². The number of nitrogen functional groups attached to an aromatic ring is 1. The summed E-state index contributed by atoms with van der Waals surface area (Å²) in [6.45, 7) is 0.0893. The minimum Gasteiger partial charge on any atom is -0.483 e. The first-order chi connectivity index (χ1) is 7.75. The molecule has 1 heterocycles. The van der Waals surface area contributed by atoms with Gasteiger partial charge in [-0.2, -0.15) is 0 Å². The molecule has 0 saturated heterocycles. The maximum Gasteiger partial charge on any atom is 0.168 e. The van der Waals surface area contributed by atoms with Crippen LogP contribution >= 0.6 is 0 Å². The number of para-hydroxylation sites is 1. The number of nitrogens with two attached hydrogens (primary N) is 1. The van der Waals surface area contributed by atoms with E-state index < -0.39 is 5.82 Å². The SMILES string of the molecule is Nc1ccnc(COc2ccccc2F)n1. The van der Waals surface area contributed by atoms with E-state index in [0.717, 1.165) is 0 Å². The summed E-state index contributed by atoms with van der Waals surface area (Å²) in [4.78, 5) is 7.88. The van der Waals surface area contributed by atoms with Gasteiger partial charge in [0.15, 0.2) is 17.4 Å². The fourth-order valence-corrected chi connectivity index (χ4v) is 1.19. The van der Waals surface area contributed by atoms with Gasteiger partial charge in [0.25, 0.3) is 0 Å². The molecule has 0 saturated carbocycles. The molecule has 0 aliphatic carbocycles. The highest BCUT2D eigenvalue weighted by Gasteiger charge is 2.03. The van der Waals surface area contributed by atoms with Crippen LogP contribution in [0, 0.1) is 5.82 Å². The Bertz CT molecular complexity index is 490. The Balaban J connectivity index is 2.05. The predicted octanol–water partition coefficient (Wildman–Crippen LogP) is 1.78.